The van der Waals surface area contributed by atoms with Gasteiger partial charge in [-0.1, -0.05) is 12.1 Å². The lowest BCUT2D eigenvalue weighted by Crippen LogP contribution is -2.50. The Bertz CT molecular complexity index is 1260. The molecule has 2 aromatic rings. The van der Waals surface area contributed by atoms with Gasteiger partial charge in [-0.2, -0.15) is 4.31 Å². The van der Waals surface area contributed by atoms with Gasteiger partial charge in [0.2, 0.25) is 20.0 Å². The maximum Gasteiger partial charge on any atom is 0.254 e. The molecule has 32 heavy (non-hydrogen) atoms. The lowest BCUT2D eigenvalue weighted by Gasteiger charge is -2.34. The van der Waals surface area contributed by atoms with E-state index < -0.39 is 20.0 Å². The van der Waals surface area contributed by atoms with E-state index in [1.54, 1.807) is 30.0 Å². The van der Waals surface area contributed by atoms with Crippen LogP contribution in [0.25, 0.3) is 0 Å². The molecule has 0 bridgehead atoms. The summed E-state index contributed by atoms with van der Waals surface area (Å²) in [4.78, 5) is 14.7. The third-order valence-corrected chi connectivity index (χ3v) is 9.06. The summed E-state index contributed by atoms with van der Waals surface area (Å²) in [6.45, 7) is 2.53. The monoisotopic (exact) mass is 477 g/mol. The number of carbonyl (C=O) groups excluding carboxylic acids is 1. The maximum atomic E-state index is 13.2. The quantitative estimate of drug-likeness (QED) is 0.719. The Labute approximate surface area is 189 Å². The number of nitrogens with two attached hydrogens (primary N) is 1. The number of primary sulfonamides is 1. The van der Waals surface area contributed by atoms with Crippen molar-refractivity contribution < 1.29 is 21.6 Å². The fourth-order valence-electron chi connectivity index (χ4n) is 4.33. The van der Waals surface area contributed by atoms with Crippen LogP contribution in [-0.4, -0.2) is 58.1 Å². The van der Waals surface area contributed by atoms with Crippen LogP contribution in [0.1, 0.15) is 39.9 Å². The molecule has 0 unspecified atom stereocenters. The largest absolute Gasteiger partial charge is 0.336 e. The molecule has 1 amide bonds. The highest BCUT2D eigenvalue weighted by molar-refractivity contribution is 7.89. The van der Waals surface area contributed by atoms with Gasteiger partial charge < -0.3 is 4.90 Å². The van der Waals surface area contributed by atoms with Crippen LogP contribution in [-0.2, 0) is 32.9 Å². The average Bonchev–Trinajstić information content (AvgIpc) is 2.78. The predicted molar refractivity (Wildman–Crippen MR) is 120 cm³/mol. The standard InChI is InChI=1S/C22H27N3O5S2/c1-16-6-8-19(31(23,27)28)15-21(16)22(26)24-10-12-25(13-11-24)32(29,30)20-9-7-17-4-2-3-5-18(17)14-20/h6-9,14-15H,2-5,10-13H2,1H3,(H2,23,27,28). The summed E-state index contributed by atoms with van der Waals surface area (Å²) in [5, 5.41) is 5.19. The third-order valence-electron chi connectivity index (χ3n) is 6.25. The summed E-state index contributed by atoms with van der Waals surface area (Å²) in [5.74, 6) is -0.334. The van der Waals surface area contributed by atoms with Crippen molar-refractivity contribution in [3.05, 3.63) is 58.7 Å². The molecule has 2 N–H and O–H groups in total. The van der Waals surface area contributed by atoms with Crippen LogP contribution in [0, 0.1) is 6.92 Å². The van der Waals surface area contributed by atoms with Crippen LogP contribution in [0.2, 0.25) is 0 Å². The minimum atomic E-state index is -3.93. The molecule has 2 aromatic carbocycles. The summed E-state index contributed by atoms with van der Waals surface area (Å²) in [6.07, 6.45) is 4.10. The van der Waals surface area contributed by atoms with Gasteiger partial charge in [0.05, 0.1) is 9.79 Å². The Morgan fingerprint density at radius 1 is 0.844 bits per heavy atom. The molecule has 2 aliphatic rings. The van der Waals surface area contributed by atoms with Crippen LogP contribution in [0.3, 0.4) is 0 Å². The molecule has 0 saturated carbocycles. The molecular formula is C22H27N3O5S2. The number of hydrogen-bond donors (Lipinski definition) is 1. The number of carbonyl (C=O) groups is 1. The third kappa shape index (κ3) is 4.45. The van der Waals surface area contributed by atoms with Gasteiger partial charge >= 0.3 is 0 Å². The number of fused-ring (bicyclic) bond motifs is 1. The van der Waals surface area contributed by atoms with Crippen molar-refractivity contribution in [2.75, 3.05) is 26.2 Å². The summed E-state index contributed by atoms with van der Waals surface area (Å²) in [7, 11) is -7.57. The summed E-state index contributed by atoms with van der Waals surface area (Å²) in [5.41, 5.74) is 3.22. The van der Waals surface area contributed by atoms with E-state index in [1.807, 2.05) is 6.07 Å². The maximum absolute atomic E-state index is 13.2. The van der Waals surface area contributed by atoms with Crippen molar-refractivity contribution in [2.24, 2.45) is 5.14 Å². The topological polar surface area (TPSA) is 118 Å². The Hall–Kier alpha value is -2.27. The molecule has 1 fully saturated rings. The van der Waals surface area contributed by atoms with Crippen molar-refractivity contribution in [3.8, 4) is 0 Å². The molecule has 4 rings (SSSR count). The molecule has 0 aromatic heterocycles. The van der Waals surface area contributed by atoms with Crippen LogP contribution in [0.15, 0.2) is 46.2 Å². The molecule has 1 aliphatic carbocycles. The Morgan fingerprint density at radius 3 is 2.12 bits per heavy atom. The number of hydrogen-bond acceptors (Lipinski definition) is 5. The smallest absolute Gasteiger partial charge is 0.254 e. The zero-order chi connectivity index (χ0) is 23.1. The summed E-state index contributed by atoms with van der Waals surface area (Å²) >= 11 is 0. The van der Waals surface area contributed by atoms with E-state index in [0.717, 1.165) is 31.2 Å². The van der Waals surface area contributed by atoms with E-state index in [0.29, 0.717) is 10.5 Å². The van der Waals surface area contributed by atoms with E-state index >= 15 is 0 Å². The minimum absolute atomic E-state index is 0.125. The first kappa shape index (κ1) is 22.9. The fraction of sp³-hybridized carbons (Fsp3) is 0.409. The number of amides is 1. The normalized spacial score (nSPS) is 17.8. The van der Waals surface area contributed by atoms with E-state index in [-0.39, 0.29) is 42.5 Å². The highest BCUT2D eigenvalue weighted by Crippen LogP contribution is 2.26. The molecule has 1 aliphatic heterocycles. The van der Waals surface area contributed by atoms with Crippen molar-refractivity contribution >= 4 is 26.0 Å². The molecule has 0 radical (unpaired) electrons. The highest BCUT2D eigenvalue weighted by atomic mass is 32.2. The van der Waals surface area contributed by atoms with E-state index in [4.69, 9.17) is 5.14 Å². The molecular weight excluding hydrogens is 450 g/mol. The lowest BCUT2D eigenvalue weighted by atomic mass is 9.92. The number of aryl methyl sites for hydroxylation is 3. The van der Waals surface area contributed by atoms with Crippen molar-refractivity contribution in [3.63, 3.8) is 0 Å². The first-order valence-corrected chi connectivity index (χ1v) is 13.6. The second kappa shape index (κ2) is 8.58. The zero-order valence-corrected chi connectivity index (χ0v) is 19.6. The minimum Gasteiger partial charge on any atom is -0.336 e. The number of piperazine rings is 1. The number of rotatable bonds is 4. The van der Waals surface area contributed by atoms with Crippen LogP contribution in [0.5, 0.6) is 0 Å². The van der Waals surface area contributed by atoms with Gasteiger partial charge in [-0.3, -0.25) is 4.79 Å². The van der Waals surface area contributed by atoms with Gasteiger partial charge in [0.1, 0.15) is 0 Å². The first-order chi connectivity index (χ1) is 15.1. The molecule has 1 heterocycles. The van der Waals surface area contributed by atoms with Gasteiger partial charge in [0.25, 0.3) is 5.91 Å². The molecule has 0 atom stereocenters. The van der Waals surface area contributed by atoms with Crippen LogP contribution < -0.4 is 5.14 Å². The molecule has 0 spiro atoms. The molecule has 1 saturated heterocycles. The van der Waals surface area contributed by atoms with E-state index in [9.17, 15) is 21.6 Å². The van der Waals surface area contributed by atoms with Gasteiger partial charge in [-0.05, 0) is 73.6 Å². The van der Waals surface area contributed by atoms with Gasteiger partial charge in [-0.15, -0.1) is 0 Å². The molecule has 10 heteroatoms. The number of sulfonamides is 2. The van der Waals surface area contributed by atoms with E-state index in [1.165, 1.54) is 22.0 Å². The summed E-state index contributed by atoms with van der Waals surface area (Å²) in [6, 6.07) is 9.59. The Kier molecular flexibility index (Phi) is 6.15. The fourth-order valence-corrected chi connectivity index (χ4v) is 6.34. The Morgan fingerprint density at radius 2 is 1.47 bits per heavy atom. The van der Waals surface area contributed by atoms with Gasteiger partial charge in [0, 0.05) is 31.7 Å². The van der Waals surface area contributed by atoms with Crippen LogP contribution in [0.4, 0.5) is 0 Å². The van der Waals surface area contributed by atoms with Crippen LogP contribution >= 0.6 is 0 Å². The highest BCUT2D eigenvalue weighted by Gasteiger charge is 2.31. The average molecular weight is 478 g/mol. The van der Waals surface area contributed by atoms with Gasteiger partial charge in [0.15, 0.2) is 0 Å². The second-order valence-corrected chi connectivity index (χ2v) is 11.9. The first-order valence-electron chi connectivity index (χ1n) is 10.6. The molecule has 172 valence electrons. The summed E-state index contributed by atoms with van der Waals surface area (Å²) < 4.78 is 51.1. The van der Waals surface area contributed by atoms with Gasteiger partial charge in [-0.25, -0.2) is 22.0 Å². The predicted octanol–water partition coefficient (Wildman–Crippen LogP) is 1.67. The van der Waals surface area contributed by atoms with Crippen molar-refractivity contribution in [2.45, 2.75) is 42.4 Å². The Balaban J connectivity index is 1.49. The van der Waals surface area contributed by atoms with E-state index in [2.05, 4.69) is 0 Å². The van der Waals surface area contributed by atoms with Crippen molar-refractivity contribution in [1.29, 1.82) is 0 Å². The number of benzene rings is 2. The zero-order valence-electron chi connectivity index (χ0n) is 18.0. The second-order valence-electron chi connectivity index (χ2n) is 8.36. The van der Waals surface area contributed by atoms with Crippen molar-refractivity contribution in [1.82, 2.24) is 9.21 Å². The number of nitrogens with zero attached hydrogens (tertiary/aromatic N) is 2. The SMILES string of the molecule is Cc1ccc(S(N)(=O)=O)cc1C(=O)N1CCN(S(=O)(=O)c2ccc3c(c2)CCCC3)CC1. The molecule has 8 nitrogen and oxygen atoms in total. The lowest BCUT2D eigenvalue weighted by molar-refractivity contribution is 0.0697.